The minimum Gasteiger partial charge on any atom is -0.496 e. The molecule has 0 saturated heterocycles. The molecule has 0 spiro atoms. The van der Waals surface area contributed by atoms with Gasteiger partial charge in [-0.05, 0) is 30.3 Å². The SMILES string of the molecule is COc1cccc(Cl)c1-c1cc(F)ccc1F. The summed E-state index contributed by atoms with van der Waals surface area (Å²) in [5.74, 6) is -0.664. The Morgan fingerprint density at radius 2 is 1.88 bits per heavy atom. The normalized spacial score (nSPS) is 10.4. The van der Waals surface area contributed by atoms with Crippen LogP contribution in [0, 0.1) is 11.6 Å². The summed E-state index contributed by atoms with van der Waals surface area (Å²) in [6, 6.07) is 8.14. The van der Waals surface area contributed by atoms with Crippen LogP contribution in [0.1, 0.15) is 0 Å². The number of hydrogen-bond acceptors (Lipinski definition) is 1. The zero-order chi connectivity index (χ0) is 12.4. The minimum atomic E-state index is -0.544. The third-order valence-corrected chi connectivity index (χ3v) is 2.71. The van der Waals surface area contributed by atoms with Gasteiger partial charge in [-0.15, -0.1) is 0 Å². The molecule has 2 aromatic carbocycles. The molecule has 0 radical (unpaired) electrons. The van der Waals surface area contributed by atoms with E-state index in [0.29, 0.717) is 16.3 Å². The molecule has 0 heterocycles. The Hall–Kier alpha value is -1.61. The number of methoxy groups -OCH3 is 1. The van der Waals surface area contributed by atoms with Crippen molar-refractivity contribution in [2.45, 2.75) is 0 Å². The van der Waals surface area contributed by atoms with Gasteiger partial charge in [-0.25, -0.2) is 8.78 Å². The van der Waals surface area contributed by atoms with Crippen LogP contribution in [0.3, 0.4) is 0 Å². The molecule has 2 aromatic rings. The highest BCUT2D eigenvalue weighted by Gasteiger charge is 2.14. The van der Waals surface area contributed by atoms with Crippen LogP contribution in [0.25, 0.3) is 11.1 Å². The van der Waals surface area contributed by atoms with Crippen LogP contribution in [-0.2, 0) is 0 Å². The van der Waals surface area contributed by atoms with Gasteiger partial charge in [0.2, 0.25) is 0 Å². The van der Waals surface area contributed by atoms with Gasteiger partial charge >= 0.3 is 0 Å². The number of halogens is 3. The maximum atomic E-state index is 13.7. The smallest absolute Gasteiger partial charge is 0.131 e. The van der Waals surface area contributed by atoms with E-state index >= 15 is 0 Å². The molecule has 0 unspecified atom stereocenters. The second-order valence-corrected chi connectivity index (χ2v) is 3.85. The molecule has 17 heavy (non-hydrogen) atoms. The van der Waals surface area contributed by atoms with E-state index in [-0.39, 0.29) is 5.56 Å². The van der Waals surface area contributed by atoms with Gasteiger partial charge in [0, 0.05) is 11.1 Å². The van der Waals surface area contributed by atoms with E-state index in [2.05, 4.69) is 0 Å². The highest BCUT2D eigenvalue weighted by atomic mass is 35.5. The van der Waals surface area contributed by atoms with Crippen LogP contribution in [0.2, 0.25) is 5.02 Å². The van der Waals surface area contributed by atoms with Crippen molar-refractivity contribution in [3.05, 3.63) is 53.1 Å². The Kier molecular flexibility index (Phi) is 3.29. The molecule has 1 nitrogen and oxygen atoms in total. The number of rotatable bonds is 2. The molecular weight excluding hydrogens is 246 g/mol. The van der Waals surface area contributed by atoms with E-state index in [1.807, 2.05) is 0 Å². The van der Waals surface area contributed by atoms with Crippen molar-refractivity contribution < 1.29 is 13.5 Å². The van der Waals surface area contributed by atoms with Crippen molar-refractivity contribution >= 4 is 11.6 Å². The quantitative estimate of drug-likeness (QED) is 0.777. The highest BCUT2D eigenvalue weighted by Crippen LogP contribution is 2.37. The van der Waals surface area contributed by atoms with Crippen molar-refractivity contribution in [1.29, 1.82) is 0 Å². The molecule has 0 N–H and O–H groups in total. The third kappa shape index (κ3) is 2.24. The Morgan fingerprint density at radius 3 is 2.59 bits per heavy atom. The van der Waals surface area contributed by atoms with Crippen LogP contribution >= 0.6 is 11.6 Å². The Balaban J connectivity index is 2.71. The molecule has 4 heteroatoms. The lowest BCUT2D eigenvalue weighted by Gasteiger charge is -2.11. The number of benzene rings is 2. The maximum Gasteiger partial charge on any atom is 0.131 e. The van der Waals surface area contributed by atoms with Gasteiger partial charge in [0.25, 0.3) is 0 Å². The first-order chi connectivity index (χ1) is 8.13. The van der Waals surface area contributed by atoms with E-state index in [1.54, 1.807) is 18.2 Å². The maximum absolute atomic E-state index is 13.7. The summed E-state index contributed by atoms with van der Waals surface area (Å²) in [5.41, 5.74) is 0.445. The van der Waals surface area contributed by atoms with Crippen molar-refractivity contribution in [3.8, 4) is 16.9 Å². The van der Waals surface area contributed by atoms with E-state index in [1.165, 1.54) is 7.11 Å². The monoisotopic (exact) mass is 254 g/mol. The number of ether oxygens (including phenoxy) is 1. The average Bonchev–Trinajstić information content (AvgIpc) is 2.32. The second-order valence-electron chi connectivity index (χ2n) is 3.44. The van der Waals surface area contributed by atoms with Crippen molar-refractivity contribution in [2.24, 2.45) is 0 Å². The molecule has 88 valence electrons. The lowest BCUT2D eigenvalue weighted by atomic mass is 10.0. The standard InChI is InChI=1S/C13H9ClF2O/c1-17-12-4-2-3-10(14)13(12)9-7-8(15)5-6-11(9)16/h2-7H,1H3. The van der Waals surface area contributed by atoms with Gasteiger partial charge in [-0.3, -0.25) is 0 Å². The molecule has 0 aromatic heterocycles. The first-order valence-corrected chi connectivity index (χ1v) is 5.29. The van der Waals surface area contributed by atoms with Crippen LogP contribution in [0.5, 0.6) is 5.75 Å². The Morgan fingerprint density at radius 1 is 1.12 bits per heavy atom. The molecule has 0 amide bonds. The predicted octanol–water partition coefficient (Wildman–Crippen LogP) is 4.29. The van der Waals surface area contributed by atoms with Crippen LogP contribution in [0.15, 0.2) is 36.4 Å². The lowest BCUT2D eigenvalue weighted by Crippen LogP contribution is -1.92. The number of hydrogen-bond donors (Lipinski definition) is 0. The summed E-state index contributed by atoms with van der Waals surface area (Å²) < 4.78 is 31.9. The van der Waals surface area contributed by atoms with E-state index in [9.17, 15) is 8.78 Å². The van der Waals surface area contributed by atoms with Gasteiger partial charge < -0.3 is 4.74 Å². The van der Waals surface area contributed by atoms with Crippen LogP contribution in [0.4, 0.5) is 8.78 Å². The van der Waals surface area contributed by atoms with Gasteiger partial charge in [-0.2, -0.15) is 0 Å². The van der Waals surface area contributed by atoms with Gasteiger partial charge in [-0.1, -0.05) is 17.7 Å². The predicted molar refractivity (Wildman–Crippen MR) is 63.4 cm³/mol. The first kappa shape index (κ1) is 11.9. The average molecular weight is 255 g/mol. The Bertz CT molecular complexity index is 555. The fourth-order valence-corrected chi connectivity index (χ4v) is 1.89. The largest absolute Gasteiger partial charge is 0.496 e. The van der Waals surface area contributed by atoms with E-state index in [4.69, 9.17) is 16.3 Å². The Labute approximate surface area is 103 Å². The summed E-state index contributed by atoms with van der Waals surface area (Å²) in [5, 5.41) is 0.314. The lowest BCUT2D eigenvalue weighted by molar-refractivity contribution is 0.416. The van der Waals surface area contributed by atoms with Crippen molar-refractivity contribution in [1.82, 2.24) is 0 Å². The molecule has 0 aliphatic heterocycles. The molecule has 2 rings (SSSR count). The summed E-state index contributed by atoms with van der Waals surface area (Å²) in [6.07, 6.45) is 0. The fourth-order valence-electron chi connectivity index (χ4n) is 1.62. The topological polar surface area (TPSA) is 9.23 Å². The minimum absolute atomic E-state index is 0.0902. The molecule has 0 aliphatic rings. The summed E-state index contributed by atoms with van der Waals surface area (Å²) in [7, 11) is 1.45. The van der Waals surface area contributed by atoms with Gasteiger partial charge in [0.15, 0.2) is 0 Å². The van der Waals surface area contributed by atoms with Crippen LogP contribution in [-0.4, -0.2) is 7.11 Å². The molecular formula is C13H9ClF2O. The first-order valence-electron chi connectivity index (χ1n) is 4.91. The van der Waals surface area contributed by atoms with Crippen molar-refractivity contribution in [3.63, 3.8) is 0 Å². The second kappa shape index (κ2) is 4.72. The molecule has 0 bridgehead atoms. The molecule has 0 atom stereocenters. The third-order valence-electron chi connectivity index (χ3n) is 2.39. The molecule has 0 saturated carbocycles. The molecule has 0 fully saturated rings. The van der Waals surface area contributed by atoms with Gasteiger partial charge in [0.05, 0.1) is 12.1 Å². The van der Waals surface area contributed by atoms with E-state index < -0.39 is 11.6 Å². The van der Waals surface area contributed by atoms with Gasteiger partial charge in [0.1, 0.15) is 17.4 Å². The zero-order valence-corrected chi connectivity index (χ0v) is 9.76. The summed E-state index contributed by atoms with van der Waals surface area (Å²) in [6.45, 7) is 0. The highest BCUT2D eigenvalue weighted by molar-refractivity contribution is 6.33. The van der Waals surface area contributed by atoms with Crippen LogP contribution < -0.4 is 4.74 Å². The molecule has 0 aliphatic carbocycles. The summed E-state index contributed by atoms with van der Waals surface area (Å²) >= 11 is 6.00. The van der Waals surface area contributed by atoms with Crippen molar-refractivity contribution in [2.75, 3.05) is 7.11 Å². The van der Waals surface area contributed by atoms with E-state index in [0.717, 1.165) is 18.2 Å². The zero-order valence-electron chi connectivity index (χ0n) is 9.01. The fraction of sp³-hybridized carbons (Fsp3) is 0.0769. The summed E-state index contributed by atoms with van der Waals surface area (Å²) in [4.78, 5) is 0.